The lowest BCUT2D eigenvalue weighted by molar-refractivity contribution is 0.876. The van der Waals surface area contributed by atoms with E-state index in [1.165, 1.54) is 5.56 Å². The van der Waals surface area contributed by atoms with Gasteiger partial charge in [0.1, 0.15) is 11.6 Å². The first-order valence-corrected chi connectivity index (χ1v) is 7.86. The number of hydrogen-bond acceptors (Lipinski definition) is 3. The molecule has 1 aromatic heterocycles. The Kier molecular flexibility index (Phi) is 5.57. The highest BCUT2D eigenvalue weighted by atomic mass is 35.5. The van der Waals surface area contributed by atoms with Crippen molar-refractivity contribution >= 4 is 17.4 Å². The number of rotatable bonds is 6. The van der Waals surface area contributed by atoms with Crippen LogP contribution in [0.2, 0.25) is 5.02 Å². The largest absolute Gasteiger partial charge is 0.370 e. The van der Waals surface area contributed by atoms with E-state index in [1.807, 2.05) is 24.3 Å². The van der Waals surface area contributed by atoms with E-state index in [0.29, 0.717) is 0 Å². The van der Waals surface area contributed by atoms with Crippen LogP contribution in [0.1, 0.15) is 42.9 Å². The lowest BCUT2D eigenvalue weighted by Gasteiger charge is -2.13. The van der Waals surface area contributed by atoms with Gasteiger partial charge in [-0.3, -0.25) is 0 Å². The van der Waals surface area contributed by atoms with E-state index >= 15 is 0 Å². The molecule has 112 valence electrons. The van der Waals surface area contributed by atoms with Crippen LogP contribution in [0.4, 0.5) is 5.82 Å². The molecule has 2 rings (SSSR count). The van der Waals surface area contributed by atoms with Crippen LogP contribution in [0.3, 0.4) is 0 Å². The van der Waals surface area contributed by atoms with Crippen LogP contribution < -0.4 is 5.32 Å². The first-order chi connectivity index (χ1) is 10.1. The fraction of sp³-hybridized carbons (Fsp3) is 0.412. The lowest BCUT2D eigenvalue weighted by Crippen LogP contribution is -2.10. The number of halogens is 1. The third-order valence-corrected chi connectivity index (χ3v) is 3.70. The summed E-state index contributed by atoms with van der Waals surface area (Å²) in [7, 11) is 0. The van der Waals surface area contributed by atoms with Crippen molar-refractivity contribution in [2.24, 2.45) is 0 Å². The van der Waals surface area contributed by atoms with Crippen LogP contribution in [0, 0.1) is 6.92 Å². The van der Waals surface area contributed by atoms with Gasteiger partial charge in [-0.25, -0.2) is 9.97 Å². The van der Waals surface area contributed by atoms with Gasteiger partial charge in [-0.2, -0.15) is 0 Å². The highest BCUT2D eigenvalue weighted by molar-refractivity contribution is 6.30. The molecule has 1 N–H and O–H groups in total. The second-order valence-corrected chi connectivity index (χ2v) is 5.58. The predicted octanol–water partition coefficient (Wildman–Crippen LogP) is 4.41. The van der Waals surface area contributed by atoms with Crippen molar-refractivity contribution in [1.29, 1.82) is 0 Å². The Labute approximate surface area is 131 Å². The number of anilines is 1. The summed E-state index contributed by atoms with van der Waals surface area (Å²) in [5.74, 6) is 1.83. The molecular formula is C17H22ClN3. The van der Waals surface area contributed by atoms with Crippen LogP contribution in [-0.2, 0) is 12.8 Å². The Morgan fingerprint density at radius 2 is 1.81 bits per heavy atom. The van der Waals surface area contributed by atoms with Crippen LogP contribution in [0.25, 0.3) is 0 Å². The Morgan fingerprint density at radius 3 is 2.43 bits per heavy atom. The molecule has 4 heteroatoms. The molecule has 0 atom stereocenters. The van der Waals surface area contributed by atoms with Gasteiger partial charge in [0.25, 0.3) is 0 Å². The summed E-state index contributed by atoms with van der Waals surface area (Å²) in [6.45, 7) is 7.30. The zero-order chi connectivity index (χ0) is 15.2. The second-order valence-electron chi connectivity index (χ2n) is 5.14. The summed E-state index contributed by atoms with van der Waals surface area (Å²) in [5.41, 5.74) is 3.45. The molecule has 0 unspecified atom stereocenters. The Morgan fingerprint density at radius 1 is 1.10 bits per heavy atom. The number of nitrogens with zero attached hydrogens (tertiary/aromatic N) is 2. The minimum absolute atomic E-state index is 0.727. The standard InChI is InChI=1S/C17H22ClN3/c1-4-10-19-17-12(3)15(5-2)20-16(21-17)11-13-6-8-14(18)9-7-13/h6-9H,4-5,10-11H2,1-3H3,(H,19,20,21). The van der Waals surface area contributed by atoms with Crippen molar-refractivity contribution in [1.82, 2.24) is 9.97 Å². The monoisotopic (exact) mass is 303 g/mol. The number of benzene rings is 1. The van der Waals surface area contributed by atoms with E-state index in [0.717, 1.165) is 53.7 Å². The van der Waals surface area contributed by atoms with E-state index in [-0.39, 0.29) is 0 Å². The molecule has 0 radical (unpaired) electrons. The summed E-state index contributed by atoms with van der Waals surface area (Å²) in [6, 6.07) is 7.86. The average Bonchev–Trinajstić information content (AvgIpc) is 2.49. The molecule has 21 heavy (non-hydrogen) atoms. The van der Waals surface area contributed by atoms with E-state index < -0.39 is 0 Å². The smallest absolute Gasteiger partial charge is 0.135 e. The Bertz CT molecular complexity index is 594. The minimum Gasteiger partial charge on any atom is -0.370 e. The molecule has 1 aromatic carbocycles. The van der Waals surface area contributed by atoms with Crippen LogP contribution >= 0.6 is 11.6 Å². The SMILES string of the molecule is CCCNc1nc(Cc2ccc(Cl)cc2)nc(CC)c1C. The molecule has 0 amide bonds. The van der Waals surface area contributed by atoms with Crippen molar-refractivity contribution < 1.29 is 0 Å². The van der Waals surface area contributed by atoms with Crippen molar-refractivity contribution in [3.8, 4) is 0 Å². The third kappa shape index (κ3) is 4.18. The Hall–Kier alpha value is -1.61. The van der Waals surface area contributed by atoms with Gasteiger partial charge in [0.05, 0.1) is 0 Å². The predicted molar refractivity (Wildman–Crippen MR) is 89.2 cm³/mol. The molecule has 0 fully saturated rings. The fourth-order valence-corrected chi connectivity index (χ4v) is 2.36. The number of aryl methyl sites for hydroxylation is 1. The zero-order valence-electron chi connectivity index (χ0n) is 12.9. The van der Waals surface area contributed by atoms with E-state index in [9.17, 15) is 0 Å². The maximum absolute atomic E-state index is 5.92. The first-order valence-electron chi connectivity index (χ1n) is 7.48. The summed E-state index contributed by atoms with van der Waals surface area (Å²) in [6.07, 6.45) is 2.73. The first kappa shape index (κ1) is 15.8. The van der Waals surface area contributed by atoms with Crippen LogP contribution in [0.5, 0.6) is 0 Å². The van der Waals surface area contributed by atoms with Gasteiger partial charge in [-0.15, -0.1) is 0 Å². The molecule has 0 aliphatic rings. The van der Waals surface area contributed by atoms with Crippen molar-refractivity contribution in [3.63, 3.8) is 0 Å². The molecule has 0 spiro atoms. The topological polar surface area (TPSA) is 37.8 Å². The molecule has 3 nitrogen and oxygen atoms in total. The van der Waals surface area contributed by atoms with Gasteiger partial charge in [0, 0.05) is 29.2 Å². The maximum atomic E-state index is 5.92. The van der Waals surface area contributed by atoms with Crippen LogP contribution in [-0.4, -0.2) is 16.5 Å². The van der Waals surface area contributed by atoms with Gasteiger partial charge in [0.15, 0.2) is 0 Å². The highest BCUT2D eigenvalue weighted by Gasteiger charge is 2.10. The quantitative estimate of drug-likeness (QED) is 0.858. The zero-order valence-corrected chi connectivity index (χ0v) is 13.7. The maximum Gasteiger partial charge on any atom is 0.135 e. The number of aromatic nitrogens is 2. The molecule has 0 saturated carbocycles. The highest BCUT2D eigenvalue weighted by Crippen LogP contribution is 2.18. The van der Waals surface area contributed by atoms with Gasteiger partial charge >= 0.3 is 0 Å². The van der Waals surface area contributed by atoms with Crippen molar-refractivity contribution in [2.45, 2.75) is 40.0 Å². The molecule has 0 bridgehead atoms. The number of nitrogens with one attached hydrogen (secondary N) is 1. The van der Waals surface area contributed by atoms with Gasteiger partial charge in [-0.05, 0) is 37.5 Å². The van der Waals surface area contributed by atoms with Crippen LogP contribution in [0.15, 0.2) is 24.3 Å². The molecular weight excluding hydrogens is 282 g/mol. The fourth-order valence-electron chi connectivity index (χ4n) is 2.24. The van der Waals surface area contributed by atoms with Crippen molar-refractivity contribution in [2.75, 3.05) is 11.9 Å². The number of hydrogen-bond donors (Lipinski definition) is 1. The van der Waals surface area contributed by atoms with Gasteiger partial charge < -0.3 is 5.32 Å². The van der Waals surface area contributed by atoms with Crippen molar-refractivity contribution in [3.05, 3.63) is 51.9 Å². The average molecular weight is 304 g/mol. The summed E-state index contributed by atoms with van der Waals surface area (Å²) in [5, 5.41) is 4.15. The molecule has 2 aromatic rings. The van der Waals surface area contributed by atoms with E-state index in [1.54, 1.807) is 0 Å². The lowest BCUT2D eigenvalue weighted by atomic mass is 10.1. The molecule has 0 aliphatic carbocycles. The minimum atomic E-state index is 0.727. The normalized spacial score (nSPS) is 10.7. The third-order valence-electron chi connectivity index (χ3n) is 3.45. The molecule has 0 aliphatic heterocycles. The Balaban J connectivity index is 2.27. The van der Waals surface area contributed by atoms with E-state index in [4.69, 9.17) is 16.6 Å². The summed E-state index contributed by atoms with van der Waals surface area (Å²) >= 11 is 5.92. The van der Waals surface area contributed by atoms with Gasteiger partial charge in [-0.1, -0.05) is 37.6 Å². The summed E-state index contributed by atoms with van der Waals surface area (Å²) < 4.78 is 0. The molecule has 0 saturated heterocycles. The van der Waals surface area contributed by atoms with E-state index in [2.05, 4.69) is 31.1 Å². The second kappa shape index (κ2) is 7.41. The van der Waals surface area contributed by atoms with Gasteiger partial charge in [0.2, 0.25) is 0 Å². The molecule has 1 heterocycles. The summed E-state index contributed by atoms with van der Waals surface area (Å²) in [4.78, 5) is 9.37.